The lowest BCUT2D eigenvalue weighted by Gasteiger charge is -2.23. The topological polar surface area (TPSA) is 38.3 Å². The third-order valence-corrected chi connectivity index (χ3v) is 2.81. The van der Waals surface area contributed by atoms with Crippen LogP contribution in [0.4, 0.5) is 0 Å². The fourth-order valence-corrected chi connectivity index (χ4v) is 1.85. The van der Waals surface area contributed by atoms with Gasteiger partial charge in [-0.25, -0.2) is 0 Å². The lowest BCUT2D eigenvalue weighted by atomic mass is 9.88. The Morgan fingerprint density at radius 2 is 2.14 bits per heavy atom. The van der Waals surface area contributed by atoms with Gasteiger partial charge in [-0.2, -0.15) is 0 Å². The molecular formula is C11H21NO2. The Hall–Kier alpha value is -0.410. The summed E-state index contributed by atoms with van der Waals surface area (Å²) in [6.45, 7) is 7.33. The van der Waals surface area contributed by atoms with Gasteiger partial charge in [-0.3, -0.25) is 4.79 Å². The summed E-state index contributed by atoms with van der Waals surface area (Å²) in [5.41, 5.74) is 0. The molecule has 1 unspecified atom stereocenters. The van der Waals surface area contributed by atoms with Crippen molar-refractivity contribution in [2.24, 2.45) is 11.8 Å². The van der Waals surface area contributed by atoms with Gasteiger partial charge in [0.2, 0.25) is 0 Å². The Kier molecular flexibility index (Phi) is 5.12. The normalized spacial score (nSPS) is 20.7. The first-order valence-electron chi connectivity index (χ1n) is 5.58. The van der Waals surface area contributed by atoms with Crippen molar-refractivity contribution in [3.8, 4) is 0 Å². The van der Waals surface area contributed by atoms with Crippen molar-refractivity contribution in [3.63, 3.8) is 0 Å². The van der Waals surface area contributed by atoms with E-state index >= 15 is 0 Å². The molecule has 3 nitrogen and oxygen atoms in total. The van der Waals surface area contributed by atoms with Crippen molar-refractivity contribution in [2.75, 3.05) is 26.3 Å². The maximum Gasteiger partial charge on any atom is 0.140 e. The van der Waals surface area contributed by atoms with Crippen LogP contribution in [-0.4, -0.2) is 32.1 Å². The van der Waals surface area contributed by atoms with E-state index in [9.17, 15) is 4.79 Å². The Bertz CT molecular complexity index is 176. The molecule has 1 rings (SSSR count). The summed E-state index contributed by atoms with van der Waals surface area (Å²) in [5.74, 6) is 0.810. The van der Waals surface area contributed by atoms with Crippen molar-refractivity contribution >= 4 is 5.78 Å². The van der Waals surface area contributed by atoms with Crippen molar-refractivity contribution in [1.29, 1.82) is 0 Å². The molecule has 0 aromatic rings. The average Bonchev–Trinajstić information content (AvgIpc) is 2.26. The van der Waals surface area contributed by atoms with Crippen LogP contribution in [0.1, 0.15) is 26.7 Å². The minimum absolute atomic E-state index is 0.151. The quantitative estimate of drug-likeness (QED) is 0.723. The molecule has 1 saturated heterocycles. The molecule has 1 heterocycles. The van der Waals surface area contributed by atoms with Gasteiger partial charge in [0.15, 0.2) is 0 Å². The summed E-state index contributed by atoms with van der Waals surface area (Å²) in [7, 11) is 0. The van der Waals surface area contributed by atoms with Crippen LogP contribution in [0.2, 0.25) is 0 Å². The molecule has 0 aromatic heterocycles. The molecule has 0 bridgehead atoms. The Morgan fingerprint density at radius 1 is 1.50 bits per heavy atom. The highest BCUT2D eigenvalue weighted by Crippen LogP contribution is 2.19. The van der Waals surface area contributed by atoms with Gasteiger partial charge in [-0.05, 0) is 19.4 Å². The second-order valence-corrected chi connectivity index (χ2v) is 4.00. The highest BCUT2D eigenvalue weighted by atomic mass is 16.5. The third kappa shape index (κ3) is 3.39. The molecule has 0 radical (unpaired) electrons. The number of hydrogen-bond acceptors (Lipinski definition) is 3. The zero-order valence-electron chi connectivity index (χ0n) is 9.21. The highest BCUT2D eigenvalue weighted by Gasteiger charge is 2.25. The molecule has 0 amide bonds. The maximum absolute atomic E-state index is 11.9. The van der Waals surface area contributed by atoms with E-state index in [1.807, 2.05) is 6.92 Å². The van der Waals surface area contributed by atoms with Crippen molar-refractivity contribution in [1.82, 2.24) is 5.32 Å². The first-order valence-corrected chi connectivity index (χ1v) is 5.58. The van der Waals surface area contributed by atoms with Gasteiger partial charge >= 0.3 is 0 Å². The molecule has 0 aromatic carbocycles. The third-order valence-electron chi connectivity index (χ3n) is 2.81. The van der Waals surface area contributed by atoms with Gasteiger partial charge in [0, 0.05) is 31.6 Å². The van der Waals surface area contributed by atoms with Crippen LogP contribution in [0.25, 0.3) is 0 Å². The SMILES string of the molecule is CCNCC(C)C(=O)C1CCOCC1. The molecule has 82 valence electrons. The van der Waals surface area contributed by atoms with E-state index in [2.05, 4.69) is 12.2 Å². The molecule has 1 atom stereocenters. The van der Waals surface area contributed by atoms with Crippen molar-refractivity contribution < 1.29 is 9.53 Å². The minimum atomic E-state index is 0.151. The van der Waals surface area contributed by atoms with Gasteiger partial charge in [0.1, 0.15) is 5.78 Å². The van der Waals surface area contributed by atoms with Gasteiger partial charge < -0.3 is 10.1 Å². The molecule has 1 N–H and O–H groups in total. The van der Waals surface area contributed by atoms with E-state index in [1.54, 1.807) is 0 Å². The first-order chi connectivity index (χ1) is 6.75. The summed E-state index contributed by atoms with van der Waals surface area (Å²) >= 11 is 0. The molecule has 0 saturated carbocycles. The number of rotatable bonds is 5. The predicted molar refractivity (Wildman–Crippen MR) is 56.3 cm³/mol. The fourth-order valence-electron chi connectivity index (χ4n) is 1.85. The molecule has 1 aliphatic rings. The van der Waals surface area contributed by atoms with E-state index < -0.39 is 0 Å². The molecular weight excluding hydrogens is 178 g/mol. The molecule has 14 heavy (non-hydrogen) atoms. The Balaban J connectivity index is 2.30. The van der Waals surface area contributed by atoms with Gasteiger partial charge in [-0.15, -0.1) is 0 Å². The zero-order chi connectivity index (χ0) is 10.4. The van der Waals surface area contributed by atoms with Gasteiger partial charge in [0.25, 0.3) is 0 Å². The second kappa shape index (κ2) is 6.14. The number of ketones is 1. The molecule has 0 aliphatic carbocycles. The molecule has 3 heteroatoms. The van der Waals surface area contributed by atoms with Gasteiger partial charge in [-0.1, -0.05) is 13.8 Å². The van der Waals surface area contributed by atoms with Crippen LogP contribution >= 0.6 is 0 Å². The number of carbonyl (C=O) groups excluding carboxylic acids is 1. The average molecular weight is 199 g/mol. The second-order valence-electron chi connectivity index (χ2n) is 4.00. The van der Waals surface area contributed by atoms with Crippen molar-refractivity contribution in [3.05, 3.63) is 0 Å². The Labute approximate surface area is 86.2 Å². The number of Topliss-reactive ketones (excluding diaryl/α,β-unsaturated/α-hetero) is 1. The smallest absolute Gasteiger partial charge is 0.140 e. The van der Waals surface area contributed by atoms with Crippen LogP contribution < -0.4 is 5.32 Å². The fraction of sp³-hybridized carbons (Fsp3) is 0.909. The number of hydrogen-bond donors (Lipinski definition) is 1. The van der Waals surface area contributed by atoms with Gasteiger partial charge in [0.05, 0.1) is 0 Å². The molecule has 1 aliphatic heterocycles. The van der Waals surface area contributed by atoms with E-state index in [0.717, 1.165) is 39.1 Å². The summed E-state index contributed by atoms with van der Waals surface area (Å²) in [6.07, 6.45) is 1.82. The number of ether oxygens (including phenoxy) is 1. The predicted octanol–water partition coefficient (Wildman–Crippen LogP) is 1.23. The summed E-state index contributed by atoms with van der Waals surface area (Å²) in [4.78, 5) is 11.9. The summed E-state index contributed by atoms with van der Waals surface area (Å²) < 4.78 is 5.24. The first kappa shape index (κ1) is 11.7. The Morgan fingerprint density at radius 3 is 2.71 bits per heavy atom. The van der Waals surface area contributed by atoms with Crippen LogP contribution in [-0.2, 0) is 9.53 Å². The largest absolute Gasteiger partial charge is 0.381 e. The van der Waals surface area contributed by atoms with E-state index in [1.165, 1.54) is 0 Å². The van der Waals surface area contributed by atoms with Crippen LogP contribution in [0.3, 0.4) is 0 Å². The lowest BCUT2D eigenvalue weighted by molar-refractivity contribution is -0.129. The number of nitrogens with one attached hydrogen (secondary N) is 1. The molecule has 0 spiro atoms. The van der Waals surface area contributed by atoms with E-state index in [-0.39, 0.29) is 11.8 Å². The summed E-state index contributed by atoms with van der Waals surface area (Å²) in [6, 6.07) is 0. The molecule has 1 fully saturated rings. The van der Waals surface area contributed by atoms with Crippen LogP contribution in [0, 0.1) is 11.8 Å². The number of carbonyl (C=O) groups is 1. The van der Waals surface area contributed by atoms with Crippen LogP contribution in [0.5, 0.6) is 0 Å². The van der Waals surface area contributed by atoms with Crippen LogP contribution in [0.15, 0.2) is 0 Å². The standard InChI is InChI=1S/C11H21NO2/c1-3-12-8-9(2)11(13)10-4-6-14-7-5-10/h9-10,12H,3-8H2,1-2H3. The minimum Gasteiger partial charge on any atom is -0.381 e. The van der Waals surface area contributed by atoms with E-state index in [0.29, 0.717) is 5.78 Å². The lowest BCUT2D eigenvalue weighted by Crippen LogP contribution is -2.33. The monoisotopic (exact) mass is 199 g/mol. The van der Waals surface area contributed by atoms with E-state index in [4.69, 9.17) is 4.74 Å². The maximum atomic E-state index is 11.9. The van der Waals surface area contributed by atoms with Crippen molar-refractivity contribution in [2.45, 2.75) is 26.7 Å². The summed E-state index contributed by atoms with van der Waals surface area (Å²) in [5, 5.41) is 3.22. The highest BCUT2D eigenvalue weighted by molar-refractivity contribution is 5.83. The zero-order valence-corrected chi connectivity index (χ0v) is 9.21.